The highest BCUT2D eigenvalue weighted by Crippen LogP contribution is 2.22. The summed E-state index contributed by atoms with van der Waals surface area (Å²) < 4.78 is 5.07. The molecule has 0 saturated carbocycles. The Morgan fingerprint density at radius 3 is 2.69 bits per heavy atom. The van der Waals surface area contributed by atoms with Crippen LogP contribution in [0, 0.1) is 0 Å². The van der Waals surface area contributed by atoms with Crippen LogP contribution >= 0.6 is 11.8 Å². The van der Waals surface area contributed by atoms with Crippen molar-refractivity contribution in [2.24, 2.45) is 0 Å². The molecule has 0 amide bonds. The number of nitrogens with zero attached hydrogens (tertiary/aromatic N) is 1. The van der Waals surface area contributed by atoms with Gasteiger partial charge in [0.05, 0.1) is 12.8 Å². The molecule has 0 aliphatic heterocycles. The molecule has 4 heteroatoms. The van der Waals surface area contributed by atoms with Gasteiger partial charge in [-0.15, -0.1) is 11.8 Å². The fourth-order valence-corrected chi connectivity index (χ4v) is 2.19. The molecule has 1 aromatic carbocycles. The van der Waals surface area contributed by atoms with E-state index in [1.54, 1.807) is 18.9 Å². The zero-order valence-electron chi connectivity index (χ0n) is 9.14. The van der Waals surface area contributed by atoms with Crippen molar-refractivity contribution in [1.29, 1.82) is 0 Å². The quantitative estimate of drug-likeness (QED) is 0.808. The van der Waals surface area contributed by atoms with E-state index in [1.165, 1.54) is 16.0 Å². The standard InChI is InChI=1S/C12H14N2OS/c1-15-8-10-2-4-12(5-3-10)16-9-11-6-13-14-7-11/h2-7H,8-9H2,1H3,(H,13,14). The number of aromatic amines is 1. The van der Waals surface area contributed by atoms with Gasteiger partial charge in [0.15, 0.2) is 0 Å². The van der Waals surface area contributed by atoms with Crippen LogP contribution in [0.5, 0.6) is 0 Å². The number of rotatable bonds is 5. The summed E-state index contributed by atoms with van der Waals surface area (Å²) in [7, 11) is 1.71. The van der Waals surface area contributed by atoms with Crippen LogP contribution in [0.25, 0.3) is 0 Å². The molecule has 3 nitrogen and oxygen atoms in total. The van der Waals surface area contributed by atoms with E-state index in [2.05, 4.69) is 34.5 Å². The lowest BCUT2D eigenvalue weighted by molar-refractivity contribution is 0.185. The first-order chi connectivity index (χ1) is 7.88. The van der Waals surface area contributed by atoms with Crippen LogP contribution in [-0.2, 0) is 17.1 Å². The van der Waals surface area contributed by atoms with E-state index in [0.717, 1.165) is 5.75 Å². The smallest absolute Gasteiger partial charge is 0.0713 e. The molecule has 0 aliphatic carbocycles. The summed E-state index contributed by atoms with van der Waals surface area (Å²) in [6.45, 7) is 0.673. The third kappa shape index (κ3) is 3.12. The molecule has 0 radical (unpaired) electrons. The summed E-state index contributed by atoms with van der Waals surface area (Å²) in [5.74, 6) is 0.945. The Kier molecular flexibility index (Phi) is 4.02. The number of H-pyrrole nitrogens is 1. The summed E-state index contributed by atoms with van der Waals surface area (Å²) in [5, 5.41) is 6.73. The van der Waals surface area contributed by atoms with E-state index < -0.39 is 0 Å². The molecule has 0 saturated heterocycles. The van der Waals surface area contributed by atoms with Crippen molar-refractivity contribution in [3.8, 4) is 0 Å². The zero-order chi connectivity index (χ0) is 11.2. The van der Waals surface area contributed by atoms with Gasteiger partial charge in [0, 0.05) is 29.5 Å². The molecule has 2 rings (SSSR count). The maximum Gasteiger partial charge on any atom is 0.0713 e. The van der Waals surface area contributed by atoms with E-state index >= 15 is 0 Å². The minimum absolute atomic E-state index is 0.673. The highest BCUT2D eigenvalue weighted by atomic mass is 32.2. The number of thioether (sulfide) groups is 1. The second-order valence-corrected chi connectivity index (χ2v) is 4.52. The molecule has 1 aromatic heterocycles. The Hall–Kier alpha value is -1.26. The first-order valence-electron chi connectivity index (χ1n) is 5.07. The minimum Gasteiger partial charge on any atom is -0.380 e. The predicted octanol–water partition coefficient (Wildman–Crippen LogP) is 2.85. The van der Waals surface area contributed by atoms with Crippen molar-refractivity contribution in [2.75, 3.05) is 7.11 Å². The average molecular weight is 234 g/mol. The predicted molar refractivity (Wildman–Crippen MR) is 65.3 cm³/mol. The number of aromatic nitrogens is 2. The molecule has 1 heterocycles. The van der Waals surface area contributed by atoms with Crippen LogP contribution < -0.4 is 0 Å². The summed E-state index contributed by atoms with van der Waals surface area (Å²) in [6.07, 6.45) is 3.78. The fourth-order valence-electron chi connectivity index (χ4n) is 1.37. The largest absolute Gasteiger partial charge is 0.380 e. The van der Waals surface area contributed by atoms with Crippen molar-refractivity contribution in [1.82, 2.24) is 10.2 Å². The molecule has 1 N–H and O–H groups in total. The lowest BCUT2D eigenvalue weighted by Gasteiger charge is -2.02. The van der Waals surface area contributed by atoms with Crippen LogP contribution in [0.4, 0.5) is 0 Å². The van der Waals surface area contributed by atoms with E-state index in [4.69, 9.17) is 4.74 Å². The van der Waals surface area contributed by atoms with Crippen LogP contribution in [0.15, 0.2) is 41.6 Å². The summed E-state index contributed by atoms with van der Waals surface area (Å²) in [6, 6.07) is 8.45. The van der Waals surface area contributed by atoms with Gasteiger partial charge in [-0.1, -0.05) is 12.1 Å². The Morgan fingerprint density at radius 2 is 2.06 bits per heavy atom. The van der Waals surface area contributed by atoms with Gasteiger partial charge in [-0.25, -0.2) is 0 Å². The van der Waals surface area contributed by atoms with Crippen LogP contribution in [0.2, 0.25) is 0 Å². The normalized spacial score (nSPS) is 10.6. The second kappa shape index (κ2) is 5.72. The summed E-state index contributed by atoms with van der Waals surface area (Å²) in [4.78, 5) is 1.26. The van der Waals surface area contributed by atoms with Gasteiger partial charge in [-0.05, 0) is 17.7 Å². The molecular weight excluding hydrogens is 220 g/mol. The van der Waals surface area contributed by atoms with Crippen LogP contribution in [0.3, 0.4) is 0 Å². The molecule has 0 bridgehead atoms. The van der Waals surface area contributed by atoms with E-state index in [0.29, 0.717) is 6.61 Å². The molecule has 0 atom stereocenters. The Labute approximate surface area is 99.2 Å². The van der Waals surface area contributed by atoms with Gasteiger partial charge in [0.2, 0.25) is 0 Å². The van der Waals surface area contributed by atoms with Crippen LogP contribution in [0.1, 0.15) is 11.1 Å². The van der Waals surface area contributed by atoms with Gasteiger partial charge in [-0.2, -0.15) is 5.10 Å². The van der Waals surface area contributed by atoms with Crippen LogP contribution in [-0.4, -0.2) is 17.3 Å². The van der Waals surface area contributed by atoms with Gasteiger partial charge in [0.1, 0.15) is 0 Å². The first kappa shape index (κ1) is 11.2. The van der Waals surface area contributed by atoms with Crippen molar-refractivity contribution in [3.63, 3.8) is 0 Å². The van der Waals surface area contributed by atoms with Gasteiger partial charge >= 0.3 is 0 Å². The number of hydrogen-bond donors (Lipinski definition) is 1. The molecule has 0 aliphatic rings. The highest BCUT2D eigenvalue weighted by Gasteiger charge is 1.98. The second-order valence-electron chi connectivity index (χ2n) is 3.47. The monoisotopic (exact) mass is 234 g/mol. The van der Waals surface area contributed by atoms with Crippen molar-refractivity contribution in [2.45, 2.75) is 17.3 Å². The third-order valence-corrected chi connectivity index (χ3v) is 3.28. The summed E-state index contributed by atoms with van der Waals surface area (Å²) >= 11 is 1.80. The molecule has 0 unspecified atom stereocenters. The topological polar surface area (TPSA) is 37.9 Å². The maximum atomic E-state index is 5.07. The molecule has 2 aromatic rings. The number of benzene rings is 1. The molecular formula is C12H14N2OS. The SMILES string of the molecule is COCc1ccc(SCc2cn[nH]c2)cc1. The highest BCUT2D eigenvalue weighted by molar-refractivity contribution is 7.98. The lowest BCUT2D eigenvalue weighted by Crippen LogP contribution is -1.86. The molecule has 0 fully saturated rings. The molecule has 16 heavy (non-hydrogen) atoms. The van der Waals surface area contributed by atoms with Gasteiger partial charge in [0.25, 0.3) is 0 Å². The van der Waals surface area contributed by atoms with E-state index in [9.17, 15) is 0 Å². The van der Waals surface area contributed by atoms with E-state index in [1.807, 2.05) is 12.4 Å². The Balaban J connectivity index is 1.90. The fraction of sp³-hybridized carbons (Fsp3) is 0.250. The number of ether oxygens (including phenoxy) is 1. The first-order valence-corrected chi connectivity index (χ1v) is 6.05. The van der Waals surface area contributed by atoms with E-state index in [-0.39, 0.29) is 0 Å². The minimum atomic E-state index is 0.673. The third-order valence-electron chi connectivity index (χ3n) is 2.19. The maximum absolute atomic E-state index is 5.07. The molecule has 84 valence electrons. The zero-order valence-corrected chi connectivity index (χ0v) is 9.96. The van der Waals surface area contributed by atoms with Crippen molar-refractivity contribution >= 4 is 11.8 Å². The average Bonchev–Trinajstić information content (AvgIpc) is 2.82. The molecule has 0 spiro atoms. The number of hydrogen-bond acceptors (Lipinski definition) is 3. The van der Waals surface area contributed by atoms with Gasteiger partial charge < -0.3 is 4.74 Å². The number of nitrogens with one attached hydrogen (secondary N) is 1. The number of methoxy groups -OCH3 is 1. The Bertz CT molecular complexity index is 411. The Morgan fingerprint density at radius 1 is 1.25 bits per heavy atom. The van der Waals surface area contributed by atoms with Gasteiger partial charge in [-0.3, -0.25) is 5.10 Å². The van der Waals surface area contributed by atoms with Crippen molar-refractivity contribution < 1.29 is 4.74 Å². The summed E-state index contributed by atoms with van der Waals surface area (Å²) in [5.41, 5.74) is 2.42. The van der Waals surface area contributed by atoms with Crippen molar-refractivity contribution in [3.05, 3.63) is 47.8 Å². The lowest BCUT2D eigenvalue weighted by atomic mass is 10.2.